The summed E-state index contributed by atoms with van der Waals surface area (Å²) in [5, 5.41) is 0. The highest BCUT2D eigenvalue weighted by atomic mass is 127. The van der Waals surface area contributed by atoms with Crippen molar-refractivity contribution in [2.45, 2.75) is 34.6 Å². The highest BCUT2D eigenvalue weighted by molar-refractivity contribution is 14.0. The van der Waals surface area contributed by atoms with Gasteiger partial charge >= 0.3 is 0 Å². The second-order valence-corrected chi connectivity index (χ2v) is 1.65. The summed E-state index contributed by atoms with van der Waals surface area (Å²) in [6.45, 7) is 10.1. The van der Waals surface area contributed by atoms with Crippen molar-refractivity contribution < 1.29 is 0 Å². The summed E-state index contributed by atoms with van der Waals surface area (Å²) in [5.74, 6) is 0. The molecule has 0 unspecified atom stereocenters. The van der Waals surface area contributed by atoms with Crippen molar-refractivity contribution in [1.82, 2.24) is 0 Å². The minimum absolute atomic E-state index is 0. The van der Waals surface area contributed by atoms with Gasteiger partial charge in [-0.25, -0.2) is 0 Å². The number of aryl methyl sites for hydroxylation is 1. The van der Waals surface area contributed by atoms with Gasteiger partial charge in [0.1, 0.15) is 0 Å². The molecule has 0 aliphatic rings. The van der Waals surface area contributed by atoms with Crippen LogP contribution in [0.2, 0.25) is 0 Å². The van der Waals surface area contributed by atoms with Crippen molar-refractivity contribution in [3.63, 3.8) is 0 Å². The van der Waals surface area contributed by atoms with Crippen LogP contribution in [0.1, 0.15) is 33.3 Å². The largest absolute Gasteiger partial charge is 0.107 e. The Labute approximate surface area is 94.4 Å². The van der Waals surface area contributed by atoms with Crippen molar-refractivity contribution in [3.8, 4) is 0 Å². The predicted octanol–water partition coefficient (Wildman–Crippen LogP) is 4.67. The molecule has 0 amide bonds. The summed E-state index contributed by atoms with van der Waals surface area (Å²) in [6, 6.07) is 10.3. The van der Waals surface area contributed by atoms with E-state index in [1.807, 2.05) is 45.9 Å². The normalized spacial score (nSPS) is 6.08. The van der Waals surface area contributed by atoms with E-state index in [1.54, 1.807) is 0 Å². The second kappa shape index (κ2) is 17.2. The van der Waals surface area contributed by atoms with Crippen LogP contribution >= 0.6 is 24.0 Å². The zero-order valence-corrected chi connectivity index (χ0v) is 11.1. The topological polar surface area (TPSA) is 0 Å². The number of hydrogen-bond acceptors (Lipinski definition) is 0. The van der Waals surface area contributed by atoms with Gasteiger partial charge in [-0.05, 0) is 6.92 Å². The molecule has 72 valence electrons. The van der Waals surface area contributed by atoms with Gasteiger partial charge in [0.2, 0.25) is 0 Å². The Kier molecular flexibility index (Phi) is 25.6. The van der Waals surface area contributed by atoms with Gasteiger partial charge in [0.05, 0.1) is 0 Å². The molecule has 0 aromatic heterocycles. The Bertz CT molecular complexity index is 135. The van der Waals surface area contributed by atoms with Crippen LogP contribution in [0.25, 0.3) is 0 Å². The maximum atomic E-state index is 2.08. The Morgan fingerprint density at radius 2 is 1.08 bits per heavy atom. The zero-order chi connectivity index (χ0) is 9.11. The summed E-state index contributed by atoms with van der Waals surface area (Å²) >= 11 is 0. The molecule has 0 heterocycles. The van der Waals surface area contributed by atoms with Crippen LogP contribution in [0.4, 0.5) is 0 Å². The molecule has 0 fully saturated rings. The van der Waals surface area contributed by atoms with E-state index >= 15 is 0 Å². The van der Waals surface area contributed by atoms with Gasteiger partial charge in [-0.3, -0.25) is 0 Å². The maximum Gasteiger partial charge on any atom is -0.0398 e. The number of benzene rings is 1. The molecule has 1 aromatic carbocycles. The van der Waals surface area contributed by atoms with E-state index in [2.05, 4.69) is 19.1 Å². The van der Waals surface area contributed by atoms with Crippen molar-refractivity contribution in [2.75, 3.05) is 0 Å². The van der Waals surface area contributed by atoms with Gasteiger partial charge in [0.15, 0.2) is 0 Å². The highest BCUT2D eigenvalue weighted by Gasteiger charge is 1.72. The average molecular weight is 280 g/mol. The van der Waals surface area contributed by atoms with E-state index in [9.17, 15) is 0 Å². The Morgan fingerprint density at radius 1 is 0.750 bits per heavy atom. The standard InChI is InChI=1S/C7H8.2C2H6.HI/c1-7-5-3-2-4-6-7;2*1-2;/h2-6H,1H3;2*1-2H3;1H. The lowest BCUT2D eigenvalue weighted by Crippen LogP contribution is -1.62. The zero-order valence-electron chi connectivity index (χ0n) is 8.79. The molecule has 0 aliphatic heterocycles. The summed E-state index contributed by atoms with van der Waals surface area (Å²) in [5.41, 5.74) is 1.32. The van der Waals surface area contributed by atoms with Gasteiger partial charge in [-0.2, -0.15) is 0 Å². The fourth-order valence-electron chi connectivity index (χ4n) is 0.534. The van der Waals surface area contributed by atoms with Crippen molar-refractivity contribution >= 4 is 24.0 Å². The molecule has 0 bridgehead atoms. The predicted molar refractivity (Wildman–Crippen MR) is 69.3 cm³/mol. The molecule has 1 rings (SSSR count). The molecule has 0 nitrogen and oxygen atoms in total. The minimum atomic E-state index is 0. The third-order valence-electron chi connectivity index (χ3n) is 0.940. The lowest BCUT2D eigenvalue weighted by molar-refractivity contribution is 1.48. The average Bonchev–Trinajstić information content (AvgIpc) is 2.13. The summed E-state index contributed by atoms with van der Waals surface area (Å²) in [4.78, 5) is 0. The fraction of sp³-hybridized carbons (Fsp3) is 0.455. The van der Waals surface area contributed by atoms with Crippen LogP contribution in [-0.2, 0) is 0 Å². The highest BCUT2D eigenvalue weighted by Crippen LogP contribution is 1.92. The fourth-order valence-corrected chi connectivity index (χ4v) is 0.534. The second-order valence-electron chi connectivity index (χ2n) is 1.65. The monoisotopic (exact) mass is 280 g/mol. The van der Waals surface area contributed by atoms with Crippen LogP contribution in [0.5, 0.6) is 0 Å². The Morgan fingerprint density at radius 3 is 1.25 bits per heavy atom. The first kappa shape index (κ1) is 17.9. The summed E-state index contributed by atoms with van der Waals surface area (Å²) in [7, 11) is 0. The van der Waals surface area contributed by atoms with Crippen LogP contribution < -0.4 is 0 Å². The molecule has 0 aliphatic carbocycles. The molecule has 0 saturated carbocycles. The number of hydrogen-bond donors (Lipinski definition) is 0. The SMILES string of the molecule is CC.CC.Cc1ccccc1.I. The first-order chi connectivity index (χ1) is 5.39. The molecular formula is C11H21I. The van der Waals surface area contributed by atoms with Crippen LogP contribution in [0.3, 0.4) is 0 Å². The summed E-state index contributed by atoms with van der Waals surface area (Å²) < 4.78 is 0. The molecule has 0 spiro atoms. The van der Waals surface area contributed by atoms with Crippen LogP contribution in [0, 0.1) is 6.92 Å². The molecule has 1 aromatic rings. The van der Waals surface area contributed by atoms with E-state index < -0.39 is 0 Å². The van der Waals surface area contributed by atoms with Crippen molar-refractivity contribution in [3.05, 3.63) is 35.9 Å². The van der Waals surface area contributed by atoms with Crippen molar-refractivity contribution in [1.29, 1.82) is 0 Å². The van der Waals surface area contributed by atoms with E-state index in [4.69, 9.17) is 0 Å². The third kappa shape index (κ3) is 12.6. The molecule has 12 heavy (non-hydrogen) atoms. The molecule has 0 atom stereocenters. The van der Waals surface area contributed by atoms with Gasteiger partial charge in [-0.15, -0.1) is 24.0 Å². The minimum Gasteiger partial charge on any atom is -0.107 e. The molecule has 0 saturated heterocycles. The number of rotatable bonds is 0. The van der Waals surface area contributed by atoms with E-state index in [0.29, 0.717) is 0 Å². The lowest BCUT2D eigenvalue weighted by atomic mass is 10.2. The number of halogens is 1. The molecule has 0 radical (unpaired) electrons. The summed E-state index contributed by atoms with van der Waals surface area (Å²) in [6.07, 6.45) is 0. The lowest BCUT2D eigenvalue weighted by Gasteiger charge is -1.82. The van der Waals surface area contributed by atoms with Gasteiger partial charge in [0.25, 0.3) is 0 Å². The Hall–Kier alpha value is -0.0500. The molecule has 0 N–H and O–H groups in total. The first-order valence-corrected chi connectivity index (χ1v) is 4.41. The maximum absolute atomic E-state index is 2.08. The van der Waals surface area contributed by atoms with Crippen LogP contribution in [0.15, 0.2) is 30.3 Å². The van der Waals surface area contributed by atoms with Crippen molar-refractivity contribution in [2.24, 2.45) is 0 Å². The first-order valence-electron chi connectivity index (χ1n) is 4.41. The molecular weight excluding hydrogens is 259 g/mol. The van der Waals surface area contributed by atoms with E-state index in [0.717, 1.165) is 0 Å². The smallest absolute Gasteiger partial charge is 0.0398 e. The van der Waals surface area contributed by atoms with Gasteiger partial charge < -0.3 is 0 Å². The molecule has 1 heteroatoms. The Balaban J connectivity index is -0.000000144. The third-order valence-corrected chi connectivity index (χ3v) is 0.940. The van der Waals surface area contributed by atoms with Crippen LogP contribution in [-0.4, -0.2) is 0 Å². The quantitative estimate of drug-likeness (QED) is 0.606. The van der Waals surface area contributed by atoms with Gasteiger partial charge in [0, 0.05) is 0 Å². The van der Waals surface area contributed by atoms with Gasteiger partial charge in [-0.1, -0.05) is 63.6 Å². The van der Waals surface area contributed by atoms with E-state index in [1.165, 1.54) is 5.56 Å². The van der Waals surface area contributed by atoms with E-state index in [-0.39, 0.29) is 24.0 Å².